The monoisotopic (exact) mass is 300 g/mol. The highest BCUT2D eigenvalue weighted by molar-refractivity contribution is 7.14. The van der Waals surface area contributed by atoms with E-state index < -0.39 is 0 Å². The quantitative estimate of drug-likeness (QED) is 0.784. The highest BCUT2D eigenvalue weighted by atomic mass is 32.1. The van der Waals surface area contributed by atoms with Gasteiger partial charge in [0.1, 0.15) is 10.6 Å². The molecule has 2 aromatic heterocycles. The normalized spacial score (nSPS) is 10.8. The van der Waals surface area contributed by atoms with Crippen molar-refractivity contribution in [3.05, 3.63) is 40.8 Å². The lowest BCUT2D eigenvalue weighted by Crippen LogP contribution is -1.90. The first-order valence-corrected chi connectivity index (χ1v) is 7.44. The number of nitrogens with two attached hydrogens (primary N) is 1. The van der Waals surface area contributed by atoms with Crippen LogP contribution in [-0.4, -0.2) is 12.3 Å². The minimum absolute atomic E-state index is 0.392. The second-order valence-electron chi connectivity index (χ2n) is 4.89. The molecule has 2 N–H and O–H groups in total. The molecule has 0 aliphatic heterocycles. The van der Waals surface area contributed by atoms with Gasteiger partial charge in [0.15, 0.2) is 11.6 Å². The molecule has 0 unspecified atom stereocenters. The van der Waals surface area contributed by atoms with Crippen LogP contribution >= 0.6 is 11.3 Å². The zero-order chi connectivity index (χ0) is 15.0. The van der Waals surface area contributed by atoms with Gasteiger partial charge in [0, 0.05) is 0 Å². The Hall–Kier alpha value is -2.27. The van der Waals surface area contributed by atoms with Crippen LogP contribution in [0.25, 0.3) is 21.8 Å². The average Bonchev–Trinajstić information content (AvgIpc) is 3.07. The smallest absolute Gasteiger partial charge is 0.190 e. The summed E-state index contributed by atoms with van der Waals surface area (Å²) in [4.78, 5) is 0.898. The lowest BCUT2D eigenvalue weighted by atomic mass is 10.00. The molecule has 0 radical (unpaired) electrons. The third-order valence-corrected chi connectivity index (χ3v) is 4.46. The Morgan fingerprint density at radius 2 is 2.00 bits per heavy atom. The van der Waals surface area contributed by atoms with Gasteiger partial charge >= 0.3 is 0 Å². The molecular formula is C16H16N2O2S. The van der Waals surface area contributed by atoms with Crippen molar-refractivity contribution in [1.29, 1.82) is 0 Å². The van der Waals surface area contributed by atoms with E-state index in [1.807, 2.05) is 17.5 Å². The minimum Gasteiger partial charge on any atom is -0.495 e. The zero-order valence-corrected chi connectivity index (χ0v) is 13.0. The van der Waals surface area contributed by atoms with Crippen molar-refractivity contribution in [3.8, 4) is 27.5 Å². The number of aromatic nitrogens is 1. The number of nitrogens with zero attached hydrogens (tertiary/aromatic N) is 1. The first kappa shape index (κ1) is 13.7. The van der Waals surface area contributed by atoms with Crippen molar-refractivity contribution in [2.75, 3.05) is 12.8 Å². The number of methoxy groups -OCH3 is 1. The maximum Gasteiger partial charge on any atom is 0.190 e. The van der Waals surface area contributed by atoms with Gasteiger partial charge < -0.3 is 15.0 Å². The Kier molecular flexibility index (Phi) is 3.43. The molecule has 3 rings (SSSR count). The lowest BCUT2D eigenvalue weighted by Gasteiger charge is -2.06. The van der Waals surface area contributed by atoms with E-state index in [0.717, 1.165) is 21.8 Å². The van der Waals surface area contributed by atoms with Crippen molar-refractivity contribution < 1.29 is 9.26 Å². The molecule has 0 aliphatic rings. The van der Waals surface area contributed by atoms with Crippen molar-refractivity contribution in [2.45, 2.75) is 13.8 Å². The molecule has 0 atom stereocenters. The maximum absolute atomic E-state index is 6.02. The van der Waals surface area contributed by atoms with E-state index >= 15 is 0 Å². The van der Waals surface area contributed by atoms with E-state index in [9.17, 15) is 0 Å². The SMILES string of the molecule is COc1ccsc1-c1onc(N)c1-c1ccc(C)c(C)c1. The van der Waals surface area contributed by atoms with E-state index in [-0.39, 0.29) is 0 Å². The Morgan fingerprint density at radius 3 is 2.71 bits per heavy atom. The predicted octanol–water partition coefficient (Wildman–Crippen LogP) is 4.28. The van der Waals surface area contributed by atoms with Crippen LogP contribution in [0.1, 0.15) is 11.1 Å². The van der Waals surface area contributed by atoms with Crippen LogP contribution in [0.5, 0.6) is 5.75 Å². The number of hydrogen-bond acceptors (Lipinski definition) is 5. The minimum atomic E-state index is 0.392. The summed E-state index contributed by atoms with van der Waals surface area (Å²) in [7, 11) is 1.64. The van der Waals surface area contributed by atoms with Gasteiger partial charge in [-0.2, -0.15) is 0 Å². The molecule has 2 heterocycles. The summed E-state index contributed by atoms with van der Waals surface area (Å²) in [6.07, 6.45) is 0. The van der Waals surface area contributed by atoms with Crippen LogP contribution in [0, 0.1) is 13.8 Å². The predicted molar refractivity (Wildman–Crippen MR) is 85.7 cm³/mol. The number of anilines is 1. The molecule has 21 heavy (non-hydrogen) atoms. The van der Waals surface area contributed by atoms with Gasteiger partial charge in [-0.15, -0.1) is 11.3 Å². The molecule has 108 valence electrons. The number of nitrogen functional groups attached to an aromatic ring is 1. The van der Waals surface area contributed by atoms with Crippen molar-refractivity contribution in [2.24, 2.45) is 0 Å². The van der Waals surface area contributed by atoms with E-state index in [1.165, 1.54) is 11.1 Å². The maximum atomic E-state index is 6.02. The van der Waals surface area contributed by atoms with Crippen LogP contribution in [-0.2, 0) is 0 Å². The molecule has 4 nitrogen and oxygen atoms in total. The molecule has 0 saturated heterocycles. The molecule has 5 heteroatoms. The first-order valence-electron chi connectivity index (χ1n) is 6.56. The molecule has 0 bridgehead atoms. The molecule has 0 amide bonds. The molecule has 0 spiro atoms. The fourth-order valence-corrected chi connectivity index (χ4v) is 3.10. The highest BCUT2D eigenvalue weighted by Crippen LogP contribution is 2.43. The third kappa shape index (κ3) is 2.29. The van der Waals surface area contributed by atoms with Crippen LogP contribution in [0.3, 0.4) is 0 Å². The number of ether oxygens (including phenoxy) is 1. The summed E-state index contributed by atoms with van der Waals surface area (Å²) in [5, 5.41) is 5.89. The number of aryl methyl sites for hydroxylation is 2. The third-order valence-electron chi connectivity index (χ3n) is 3.57. The molecule has 0 aliphatic carbocycles. The number of thiophene rings is 1. The summed E-state index contributed by atoms with van der Waals surface area (Å²) in [5.74, 6) is 1.81. The fraction of sp³-hybridized carbons (Fsp3) is 0.188. The average molecular weight is 300 g/mol. The van der Waals surface area contributed by atoms with E-state index in [4.69, 9.17) is 15.0 Å². The Morgan fingerprint density at radius 1 is 1.19 bits per heavy atom. The number of rotatable bonds is 3. The topological polar surface area (TPSA) is 61.3 Å². The van der Waals surface area contributed by atoms with E-state index in [0.29, 0.717) is 11.6 Å². The molecular weight excluding hydrogens is 284 g/mol. The zero-order valence-electron chi connectivity index (χ0n) is 12.1. The lowest BCUT2D eigenvalue weighted by molar-refractivity contribution is 0.409. The fourth-order valence-electron chi connectivity index (χ4n) is 2.26. The highest BCUT2D eigenvalue weighted by Gasteiger charge is 2.21. The van der Waals surface area contributed by atoms with Gasteiger partial charge in [-0.25, -0.2) is 0 Å². The number of hydrogen-bond donors (Lipinski definition) is 1. The van der Waals surface area contributed by atoms with Crippen LogP contribution in [0.4, 0.5) is 5.82 Å². The van der Waals surface area contributed by atoms with Gasteiger partial charge in [-0.3, -0.25) is 0 Å². The second kappa shape index (κ2) is 5.26. The Labute approximate surface area is 127 Å². The standard InChI is InChI=1S/C16H16N2O2S/c1-9-4-5-11(8-10(9)2)13-14(20-18-16(13)17)15-12(19-3)6-7-21-15/h4-8H,1-3H3,(H2,17,18). The van der Waals surface area contributed by atoms with Gasteiger partial charge in [0.2, 0.25) is 0 Å². The van der Waals surface area contributed by atoms with Crippen LogP contribution < -0.4 is 10.5 Å². The largest absolute Gasteiger partial charge is 0.495 e. The van der Waals surface area contributed by atoms with Crippen molar-refractivity contribution >= 4 is 17.2 Å². The molecule has 1 aromatic carbocycles. The van der Waals surface area contributed by atoms with Gasteiger partial charge in [-0.1, -0.05) is 23.4 Å². The van der Waals surface area contributed by atoms with E-state index in [1.54, 1.807) is 18.4 Å². The van der Waals surface area contributed by atoms with Crippen molar-refractivity contribution in [1.82, 2.24) is 5.16 Å². The summed E-state index contributed by atoms with van der Waals surface area (Å²) >= 11 is 1.54. The molecule has 3 aromatic rings. The summed E-state index contributed by atoms with van der Waals surface area (Å²) in [6.45, 7) is 4.16. The first-order chi connectivity index (χ1) is 10.1. The summed E-state index contributed by atoms with van der Waals surface area (Å²) < 4.78 is 10.8. The number of benzene rings is 1. The Bertz CT molecular complexity index is 789. The van der Waals surface area contributed by atoms with Gasteiger partial charge in [0.05, 0.1) is 12.7 Å². The summed E-state index contributed by atoms with van der Waals surface area (Å²) in [5.41, 5.74) is 10.3. The van der Waals surface area contributed by atoms with Crippen molar-refractivity contribution in [3.63, 3.8) is 0 Å². The summed E-state index contributed by atoms with van der Waals surface area (Å²) in [6, 6.07) is 8.12. The second-order valence-corrected chi connectivity index (χ2v) is 5.81. The van der Waals surface area contributed by atoms with Gasteiger partial charge in [0.25, 0.3) is 0 Å². The van der Waals surface area contributed by atoms with Crippen LogP contribution in [0.2, 0.25) is 0 Å². The van der Waals surface area contributed by atoms with Crippen LogP contribution in [0.15, 0.2) is 34.2 Å². The van der Waals surface area contributed by atoms with E-state index in [2.05, 4.69) is 31.1 Å². The van der Waals surface area contributed by atoms with Gasteiger partial charge in [-0.05, 0) is 42.0 Å². The molecule has 0 saturated carbocycles. The molecule has 0 fully saturated rings. The Balaban J connectivity index is 2.19.